The quantitative estimate of drug-likeness (QED) is 0.241. The minimum atomic E-state index is -0.538. The Kier molecular flexibility index (Phi) is 11.0. The second-order valence-electron chi connectivity index (χ2n) is 9.26. The van der Waals surface area contributed by atoms with Crippen molar-refractivity contribution in [2.75, 3.05) is 12.6 Å². The highest BCUT2D eigenvalue weighted by atomic mass is 16.6. The molecule has 2 rings (SSSR count). The van der Waals surface area contributed by atoms with Gasteiger partial charge in [-0.1, -0.05) is 51.6 Å². The zero-order valence-electron chi connectivity index (χ0n) is 21.9. The first kappa shape index (κ1) is 27.3. The second-order valence-corrected chi connectivity index (χ2v) is 9.26. The lowest BCUT2D eigenvalue weighted by molar-refractivity contribution is -0.647. The molecule has 0 saturated heterocycles. The van der Waals surface area contributed by atoms with Crippen LogP contribution in [0.1, 0.15) is 73.1 Å². The van der Waals surface area contributed by atoms with E-state index in [1.54, 1.807) is 0 Å². The maximum Gasteiger partial charge on any atom is 0.306 e. The highest BCUT2D eigenvalue weighted by Crippen LogP contribution is 2.20. The summed E-state index contributed by atoms with van der Waals surface area (Å²) in [5.74, 6) is 0.379. The lowest BCUT2D eigenvalue weighted by atomic mass is 10.0. The molecule has 0 amide bonds. The average molecular weight is 468 g/mol. The van der Waals surface area contributed by atoms with Crippen LogP contribution in [0.25, 0.3) is 11.2 Å². The molecule has 2 aromatic heterocycles. The molecule has 0 aliphatic carbocycles. The molecule has 0 saturated carbocycles. The summed E-state index contributed by atoms with van der Waals surface area (Å²) in [6.07, 6.45) is 17.8. The van der Waals surface area contributed by atoms with Crippen LogP contribution in [0, 0.1) is 0 Å². The van der Waals surface area contributed by atoms with E-state index in [0.29, 0.717) is 18.0 Å². The largest absolute Gasteiger partial charge is 0.831 e. The van der Waals surface area contributed by atoms with Crippen molar-refractivity contribution in [3.63, 3.8) is 0 Å². The van der Waals surface area contributed by atoms with Gasteiger partial charge in [0.25, 0.3) is 0 Å². The van der Waals surface area contributed by atoms with E-state index in [0.717, 1.165) is 44.0 Å². The number of allylic oxidation sites excluding steroid dienone is 8. The highest BCUT2D eigenvalue weighted by molar-refractivity contribution is 5.80. The van der Waals surface area contributed by atoms with Crippen molar-refractivity contribution in [2.45, 2.75) is 79.7 Å². The molecule has 0 bridgehead atoms. The van der Waals surface area contributed by atoms with E-state index >= 15 is 0 Å². The number of fused-ring (bicyclic) bond motifs is 1. The fraction of sp³-hybridized carbons (Fsp3) is 0.519. The van der Waals surface area contributed by atoms with E-state index in [2.05, 4.69) is 74.4 Å². The molecule has 34 heavy (non-hydrogen) atoms. The number of hydrogen-bond donors (Lipinski definition) is 1. The van der Waals surface area contributed by atoms with Gasteiger partial charge >= 0.3 is 5.65 Å². The normalized spacial score (nSPS) is 13.0. The zero-order valence-corrected chi connectivity index (χ0v) is 21.9. The Balaban J connectivity index is 1.89. The number of nitrogens with one attached hydrogen (secondary N) is 1. The lowest BCUT2D eigenvalue weighted by Crippen LogP contribution is -2.26. The van der Waals surface area contributed by atoms with Gasteiger partial charge in [0.05, 0.1) is 20.7 Å². The molecule has 0 atom stereocenters. The van der Waals surface area contributed by atoms with Crippen LogP contribution in [0.3, 0.4) is 0 Å². The molecule has 2 aromatic rings. The predicted octanol–water partition coefficient (Wildman–Crippen LogP) is 5.45. The number of aromatic nitrogens is 4. The fourth-order valence-corrected chi connectivity index (χ4v) is 3.80. The van der Waals surface area contributed by atoms with E-state index in [1.807, 2.05) is 22.5 Å². The van der Waals surface area contributed by atoms with Crippen molar-refractivity contribution in [3.05, 3.63) is 52.9 Å². The third kappa shape index (κ3) is 8.78. The smallest absolute Gasteiger partial charge is 0.306 e. The van der Waals surface area contributed by atoms with Gasteiger partial charge in [0.1, 0.15) is 0 Å². The van der Waals surface area contributed by atoms with Gasteiger partial charge in [0, 0.05) is 0 Å². The minimum absolute atomic E-state index is 0.379. The molecule has 7 heteroatoms. The standard InChI is InChI=1S/C27H41N5O2/c1-20(2)11-8-12-21(3)13-9-14-22(4)15-10-16-23(5)17-18-32-19-31(6)26-24(32)25(30-34-7)28-27(33)29-26/h11,13,15,17,19H,8-10,12,14,16,18H2,1-7H3,(H-,28,29,30,33)/b21-13+,22-15+,23-17+. The molecule has 0 unspecified atom stereocenters. The zero-order chi connectivity index (χ0) is 25.1. The maximum atomic E-state index is 11.8. The number of nitrogens with zero attached hydrogens (tertiary/aromatic N) is 4. The maximum absolute atomic E-state index is 11.8. The third-order valence-electron chi connectivity index (χ3n) is 5.77. The Morgan fingerprint density at radius 3 is 2.06 bits per heavy atom. The van der Waals surface area contributed by atoms with Crippen molar-refractivity contribution in [2.24, 2.45) is 7.05 Å². The Morgan fingerprint density at radius 1 is 0.941 bits per heavy atom. The van der Waals surface area contributed by atoms with Crippen LogP contribution < -0.4 is 15.2 Å². The Morgan fingerprint density at radius 2 is 1.50 bits per heavy atom. The van der Waals surface area contributed by atoms with Gasteiger partial charge in [-0.2, -0.15) is 0 Å². The van der Waals surface area contributed by atoms with E-state index in [-0.39, 0.29) is 0 Å². The molecule has 7 nitrogen and oxygen atoms in total. The van der Waals surface area contributed by atoms with Gasteiger partial charge in [-0.3, -0.25) is 9.40 Å². The first-order valence-electron chi connectivity index (χ1n) is 12.0. The second kappa shape index (κ2) is 13.7. The molecule has 0 spiro atoms. The summed E-state index contributed by atoms with van der Waals surface area (Å²) in [6, 6.07) is -0.538. The van der Waals surface area contributed by atoms with Crippen LogP contribution in [0.15, 0.2) is 52.9 Å². The van der Waals surface area contributed by atoms with E-state index < -0.39 is 6.01 Å². The monoisotopic (exact) mass is 467 g/mol. The molecule has 2 heterocycles. The molecular weight excluding hydrogens is 426 g/mol. The first-order valence-corrected chi connectivity index (χ1v) is 12.0. The van der Waals surface area contributed by atoms with E-state index in [9.17, 15) is 5.11 Å². The van der Waals surface area contributed by atoms with Crippen molar-refractivity contribution in [3.8, 4) is 6.01 Å². The average Bonchev–Trinajstić information content (AvgIpc) is 3.07. The van der Waals surface area contributed by atoms with Crippen LogP contribution in [0.4, 0.5) is 5.82 Å². The number of aryl methyl sites for hydroxylation is 1. The molecule has 0 fully saturated rings. The first-order chi connectivity index (χ1) is 16.2. The number of rotatable bonds is 13. The Bertz CT molecular complexity index is 1070. The summed E-state index contributed by atoms with van der Waals surface area (Å²) in [6.45, 7) is 11.6. The number of anilines is 1. The van der Waals surface area contributed by atoms with E-state index in [1.165, 1.54) is 29.4 Å². The molecule has 186 valence electrons. The van der Waals surface area contributed by atoms with Crippen LogP contribution >= 0.6 is 0 Å². The summed E-state index contributed by atoms with van der Waals surface area (Å²) < 4.78 is 3.85. The van der Waals surface area contributed by atoms with Crippen LogP contribution in [-0.4, -0.2) is 21.6 Å². The van der Waals surface area contributed by atoms with Crippen LogP contribution in [-0.2, 0) is 18.4 Å². The Hall–Kier alpha value is -2.93. The topological polar surface area (TPSA) is 78.9 Å². The van der Waals surface area contributed by atoms with Crippen molar-refractivity contribution < 1.29 is 14.5 Å². The SMILES string of the molecule is CONc1nc([O-])nc2c1n(C/C=C(\C)CC/C=C(\C)CC/C=C(\C)CCC=C(C)C)c[n+]2C. The van der Waals surface area contributed by atoms with Gasteiger partial charge in [0.2, 0.25) is 5.52 Å². The van der Waals surface area contributed by atoms with Gasteiger partial charge < -0.3 is 5.11 Å². The highest BCUT2D eigenvalue weighted by Gasteiger charge is 2.19. The fourth-order valence-electron chi connectivity index (χ4n) is 3.80. The predicted molar refractivity (Wildman–Crippen MR) is 137 cm³/mol. The van der Waals surface area contributed by atoms with Crippen molar-refractivity contribution in [1.29, 1.82) is 0 Å². The van der Waals surface area contributed by atoms with E-state index in [4.69, 9.17) is 4.84 Å². The Labute approximate surface area is 204 Å². The summed E-state index contributed by atoms with van der Waals surface area (Å²) in [5.41, 5.74) is 9.67. The number of imidazole rings is 1. The van der Waals surface area contributed by atoms with Crippen LogP contribution in [0.5, 0.6) is 6.01 Å². The summed E-state index contributed by atoms with van der Waals surface area (Å²) in [7, 11) is 3.36. The summed E-state index contributed by atoms with van der Waals surface area (Å²) >= 11 is 0. The van der Waals surface area contributed by atoms with Crippen LogP contribution in [0.2, 0.25) is 0 Å². The third-order valence-corrected chi connectivity index (χ3v) is 5.77. The lowest BCUT2D eigenvalue weighted by Gasteiger charge is -2.06. The molecule has 0 aliphatic heterocycles. The van der Waals surface area contributed by atoms with Crippen molar-refractivity contribution >= 4 is 17.0 Å². The van der Waals surface area contributed by atoms with Gasteiger partial charge in [0.15, 0.2) is 18.2 Å². The molecule has 0 aromatic carbocycles. The summed E-state index contributed by atoms with van der Waals surface area (Å²) in [4.78, 5) is 13.0. The number of hydrogen-bond acceptors (Lipinski definition) is 5. The molecular formula is C27H41N5O2. The molecule has 0 aliphatic rings. The van der Waals surface area contributed by atoms with Gasteiger partial charge in [-0.25, -0.2) is 15.0 Å². The molecule has 0 radical (unpaired) electrons. The van der Waals surface area contributed by atoms with Gasteiger partial charge in [-0.05, 0) is 73.1 Å². The van der Waals surface area contributed by atoms with Gasteiger partial charge in [-0.15, -0.1) is 0 Å². The minimum Gasteiger partial charge on any atom is -0.831 e. The van der Waals surface area contributed by atoms with Crippen molar-refractivity contribution in [1.82, 2.24) is 14.5 Å². The molecule has 1 N–H and O–H groups in total. The summed E-state index contributed by atoms with van der Waals surface area (Å²) in [5, 5.41) is 11.8.